The molecule has 0 heterocycles. The lowest BCUT2D eigenvalue weighted by Gasteiger charge is -2.25. The van der Waals surface area contributed by atoms with Crippen molar-refractivity contribution in [1.29, 1.82) is 0 Å². The maximum absolute atomic E-state index is 12.9. The summed E-state index contributed by atoms with van der Waals surface area (Å²) in [7, 11) is 0. The van der Waals surface area contributed by atoms with Crippen LogP contribution in [0, 0.1) is 5.82 Å². The summed E-state index contributed by atoms with van der Waals surface area (Å²) in [4.78, 5) is 24.8. The van der Waals surface area contributed by atoms with Gasteiger partial charge in [-0.1, -0.05) is 18.2 Å². The topological polar surface area (TPSA) is 49.4 Å². The summed E-state index contributed by atoms with van der Waals surface area (Å²) < 4.78 is 12.9. The molecule has 108 valence electrons. The van der Waals surface area contributed by atoms with E-state index in [0.29, 0.717) is 13.1 Å². The van der Waals surface area contributed by atoms with Gasteiger partial charge in [0.15, 0.2) is 0 Å². The number of nitrogens with zero attached hydrogens (tertiary/aromatic N) is 1. The number of hydrogen-bond acceptors (Lipinski definition) is 2. The van der Waals surface area contributed by atoms with Gasteiger partial charge in [-0.05, 0) is 24.6 Å². The van der Waals surface area contributed by atoms with Crippen LogP contribution in [0.15, 0.2) is 36.9 Å². The molecular weight excluding hydrogens is 259 g/mol. The van der Waals surface area contributed by atoms with E-state index in [-0.39, 0.29) is 17.6 Å². The summed E-state index contributed by atoms with van der Waals surface area (Å²) in [5, 5.41) is 2.55. The highest BCUT2D eigenvalue weighted by Crippen LogP contribution is 2.08. The molecule has 2 amide bonds. The molecule has 20 heavy (non-hydrogen) atoms. The maximum Gasteiger partial charge on any atom is 0.245 e. The first-order valence-electron chi connectivity index (χ1n) is 6.35. The third-order valence-electron chi connectivity index (χ3n) is 2.74. The fourth-order valence-corrected chi connectivity index (χ4v) is 1.84. The molecule has 1 aromatic carbocycles. The predicted octanol–water partition coefficient (Wildman–Crippen LogP) is 1.86. The molecular formula is C15H19FN2O2. The normalized spacial score (nSPS) is 11.6. The Bertz CT molecular complexity index is 485. The van der Waals surface area contributed by atoms with Crippen LogP contribution in [0.2, 0.25) is 0 Å². The van der Waals surface area contributed by atoms with Crippen molar-refractivity contribution in [3.8, 4) is 0 Å². The van der Waals surface area contributed by atoms with Gasteiger partial charge >= 0.3 is 0 Å². The van der Waals surface area contributed by atoms with E-state index >= 15 is 0 Å². The number of amides is 2. The van der Waals surface area contributed by atoms with Crippen molar-refractivity contribution in [3.05, 3.63) is 48.3 Å². The second-order valence-corrected chi connectivity index (χ2v) is 4.56. The molecule has 0 saturated carbocycles. The summed E-state index contributed by atoms with van der Waals surface area (Å²) in [5.41, 5.74) is 0.816. The maximum atomic E-state index is 12.9. The first-order chi connectivity index (χ1) is 9.43. The van der Waals surface area contributed by atoms with Gasteiger partial charge in [-0.15, -0.1) is 6.58 Å². The first-order valence-corrected chi connectivity index (χ1v) is 6.35. The first kappa shape index (κ1) is 15.9. The van der Waals surface area contributed by atoms with Gasteiger partial charge in [0.05, 0.1) is 0 Å². The molecule has 0 aliphatic carbocycles. The average Bonchev–Trinajstić information content (AvgIpc) is 2.39. The SMILES string of the molecule is C=CCN(Cc1ccc(F)cc1)C(=O)[C@H](C)NC(C)=O. The molecule has 1 N–H and O–H groups in total. The molecule has 1 aromatic rings. The molecule has 5 heteroatoms. The van der Waals surface area contributed by atoms with E-state index in [0.717, 1.165) is 5.56 Å². The zero-order valence-electron chi connectivity index (χ0n) is 11.7. The summed E-state index contributed by atoms with van der Waals surface area (Å²) in [5.74, 6) is -0.780. The summed E-state index contributed by atoms with van der Waals surface area (Å²) in [6.07, 6.45) is 1.61. The van der Waals surface area contributed by atoms with Gasteiger partial charge in [-0.2, -0.15) is 0 Å². The number of carbonyl (C=O) groups excluding carboxylic acids is 2. The fourth-order valence-electron chi connectivity index (χ4n) is 1.84. The highest BCUT2D eigenvalue weighted by atomic mass is 19.1. The van der Waals surface area contributed by atoms with Gasteiger partial charge in [0, 0.05) is 20.0 Å². The Hall–Kier alpha value is -2.17. The number of carbonyl (C=O) groups is 2. The van der Waals surface area contributed by atoms with Gasteiger partial charge in [0.2, 0.25) is 11.8 Å². The summed E-state index contributed by atoms with van der Waals surface area (Å²) >= 11 is 0. The number of benzene rings is 1. The largest absolute Gasteiger partial charge is 0.345 e. The average molecular weight is 278 g/mol. The highest BCUT2D eigenvalue weighted by Gasteiger charge is 2.20. The third-order valence-corrected chi connectivity index (χ3v) is 2.74. The van der Waals surface area contributed by atoms with Gasteiger partial charge in [0.1, 0.15) is 11.9 Å². The van der Waals surface area contributed by atoms with Crippen LogP contribution in [0.3, 0.4) is 0 Å². The lowest BCUT2D eigenvalue weighted by Crippen LogP contribution is -2.46. The van der Waals surface area contributed by atoms with Crippen molar-refractivity contribution in [1.82, 2.24) is 10.2 Å². The van der Waals surface area contributed by atoms with E-state index in [1.54, 1.807) is 30.0 Å². The van der Waals surface area contributed by atoms with Crippen molar-refractivity contribution < 1.29 is 14.0 Å². The van der Waals surface area contributed by atoms with E-state index in [4.69, 9.17) is 0 Å². The van der Waals surface area contributed by atoms with Crippen LogP contribution < -0.4 is 5.32 Å². The quantitative estimate of drug-likeness (QED) is 0.808. The fraction of sp³-hybridized carbons (Fsp3) is 0.333. The van der Waals surface area contributed by atoms with Gasteiger partial charge in [0.25, 0.3) is 0 Å². The zero-order valence-corrected chi connectivity index (χ0v) is 11.7. The lowest BCUT2D eigenvalue weighted by atomic mass is 10.2. The molecule has 1 rings (SSSR count). The van der Waals surface area contributed by atoms with Gasteiger partial charge in [-0.3, -0.25) is 9.59 Å². The minimum absolute atomic E-state index is 0.204. The molecule has 0 aromatic heterocycles. The lowest BCUT2D eigenvalue weighted by molar-refractivity contribution is -0.135. The van der Waals surface area contributed by atoms with Crippen LogP contribution in [0.25, 0.3) is 0 Å². The molecule has 0 fully saturated rings. The molecule has 0 aliphatic heterocycles. The Morgan fingerprint density at radius 2 is 2.00 bits per heavy atom. The van der Waals surface area contributed by atoms with E-state index in [1.165, 1.54) is 19.1 Å². The Labute approximate surface area is 118 Å². The summed E-state index contributed by atoms with van der Waals surface area (Å²) in [6, 6.07) is 5.35. The van der Waals surface area contributed by atoms with E-state index in [1.807, 2.05) is 0 Å². The second kappa shape index (κ2) is 7.43. The number of nitrogens with one attached hydrogen (secondary N) is 1. The Morgan fingerprint density at radius 1 is 1.40 bits per heavy atom. The van der Waals surface area contributed by atoms with Crippen molar-refractivity contribution in [3.63, 3.8) is 0 Å². The Kier molecular flexibility index (Phi) is 5.90. The Balaban J connectivity index is 2.77. The van der Waals surface area contributed by atoms with Crippen LogP contribution in [0.1, 0.15) is 19.4 Å². The molecule has 1 atom stereocenters. The minimum atomic E-state index is -0.604. The molecule has 0 spiro atoms. The Morgan fingerprint density at radius 3 is 2.50 bits per heavy atom. The predicted molar refractivity (Wildman–Crippen MR) is 75.3 cm³/mol. The summed E-state index contributed by atoms with van der Waals surface area (Å²) in [6.45, 7) is 7.31. The van der Waals surface area contributed by atoms with E-state index in [2.05, 4.69) is 11.9 Å². The van der Waals surface area contributed by atoms with Crippen molar-refractivity contribution in [2.24, 2.45) is 0 Å². The van der Waals surface area contributed by atoms with Gasteiger partial charge < -0.3 is 10.2 Å². The monoisotopic (exact) mass is 278 g/mol. The van der Waals surface area contributed by atoms with E-state index < -0.39 is 6.04 Å². The molecule has 0 saturated heterocycles. The number of hydrogen-bond donors (Lipinski definition) is 1. The molecule has 0 bridgehead atoms. The highest BCUT2D eigenvalue weighted by molar-refractivity contribution is 5.86. The molecule has 0 aliphatic rings. The van der Waals surface area contributed by atoms with E-state index in [9.17, 15) is 14.0 Å². The molecule has 0 radical (unpaired) electrons. The van der Waals surface area contributed by atoms with Crippen molar-refractivity contribution in [2.75, 3.05) is 6.54 Å². The molecule has 0 unspecified atom stereocenters. The molecule has 4 nitrogen and oxygen atoms in total. The van der Waals surface area contributed by atoms with Crippen molar-refractivity contribution in [2.45, 2.75) is 26.4 Å². The minimum Gasteiger partial charge on any atom is -0.345 e. The van der Waals surface area contributed by atoms with Crippen LogP contribution in [-0.2, 0) is 16.1 Å². The number of halogens is 1. The third kappa shape index (κ3) is 4.84. The van der Waals surface area contributed by atoms with Crippen molar-refractivity contribution >= 4 is 11.8 Å². The zero-order chi connectivity index (χ0) is 15.1. The van der Waals surface area contributed by atoms with Crippen LogP contribution in [0.5, 0.6) is 0 Å². The van der Waals surface area contributed by atoms with Gasteiger partial charge in [-0.25, -0.2) is 4.39 Å². The van der Waals surface area contributed by atoms with Crippen LogP contribution in [-0.4, -0.2) is 29.3 Å². The standard InChI is InChI=1S/C15H19FN2O2/c1-4-9-18(15(20)11(2)17-12(3)19)10-13-5-7-14(16)8-6-13/h4-8,11H,1,9-10H2,2-3H3,(H,17,19)/t11-/m0/s1. The number of rotatable bonds is 6. The smallest absolute Gasteiger partial charge is 0.245 e. The second-order valence-electron chi connectivity index (χ2n) is 4.56. The van der Waals surface area contributed by atoms with Crippen LogP contribution >= 0.6 is 0 Å². The van der Waals surface area contributed by atoms with Crippen LogP contribution in [0.4, 0.5) is 4.39 Å².